The van der Waals surface area contributed by atoms with Crippen LogP contribution in [0.25, 0.3) is 0 Å². The predicted molar refractivity (Wildman–Crippen MR) is 319 cm³/mol. The minimum atomic E-state index is -1.00. The van der Waals surface area contributed by atoms with Crippen LogP contribution in [0.5, 0.6) is 5.75 Å². The summed E-state index contributed by atoms with van der Waals surface area (Å²) in [6, 6.07) is 5.14. The number of carbonyl (C=O) groups excluding carboxylic acids is 4. The molecule has 1 aromatic carbocycles. The smallest absolute Gasteiger partial charge is 0.462 e. The number of allylic oxidation sites excluding steroid dienone is 8. The first-order chi connectivity index (χ1) is 38.2. The van der Waals surface area contributed by atoms with Gasteiger partial charge in [0.1, 0.15) is 25.1 Å². The third-order valence-corrected chi connectivity index (χ3v) is 13.9. The van der Waals surface area contributed by atoms with Crippen LogP contribution >= 0.6 is 0 Å². The highest BCUT2D eigenvalue weighted by Crippen LogP contribution is 2.21. The molecule has 0 aromatic heterocycles. The summed E-state index contributed by atoms with van der Waals surface area (Å²) >= 11 is 0. The van der Waals surface area contributed by atoms with Gasteiger partial charge in [-0.2, -0.15) is 0 Å². The maximum Gasteiger partial charge on any atom is 0.514 e. The zero-order chi connectivity index (χ0) is 56.6. The molecule has 78 heavy (non-hydrogen) atoms. The number of nitro benzene ring substituents is 1. The summed E-state index contributed by atoms with van der Waals surface area (Å²) in [5.74, 6) is -1.30. The number of ether oxygens (including phenoxy) is 5. The topological polar surface area (TPSA) is 158 Å². The number of carbonyl (C=O) groups is 4. The summed E-state index contributed by atoms with van der Waals surface area (Å²) in [6.45, 7) is 6.20. The third-order valence-electron chi connectivity index (χ3n) is 13.9. The zero-order valence-corrected chi connectivity index (χ0v) is 49.4. The van der Waals surface area contributed by atoms with Gasteiger partial charge in [0.15, 0.2) is 6.10 Å². The number of benzene rings is 1. The summed E-state index contributed by atoms with van der Waals surface area (Å²) in [5.41, 5.74) is -0.137. The van der Waals surface area contributed by atoms with E-state index in [1.54, 1.807) is 0 Å². The van der Waals surface area contributed by atoms with Crippen molar-refractivity contribution in [3.8, 4) is 5.75 Å². The summed E-state index contributed by atoms with van der Waals surface area (Å²) in [5, 5.41) is 11.1. The summed E-state index contributed by atoms with van der Waals surface area (Å²) in [6.07, 6.45) is 57.0. The van der Waals surface area contributed by atoms with Crippen LogP contribution in [0.4, 0.5) is 10.5 Å². The summed E-state index contributed by atoms with van der Waals surface area (Å²) in [4.78, 5) is 62.7. The van der Waals surface area contributed by atoms with Crippen LogP contribution in [0.1, 0.15) is 284 Å². The minimum Gasteiger partial charge on any atom is -0.462 e. The number of nitro groups is 1. The van der Waals surface area contributed by atoms with Crippen molar-refractivity contribution in [1.82, 2.24) is 0 Å². The molecule has 12 heteroatoms. The van der Waals surface area contributed by atoms with Gasteiger partial charge in [-0.05, 0) is 108 Å². The van der Waals surface area contributed by atoms with Crippen LogP contribution in [0, 0.1) is 10.1 Å². The van der Waals surface area contributed by atoms with E-state index in [0.717, 1.165) is 116 Å². The fourth-order valence-electron chi connectivity index (χ4n) is 9.04. The van der Waals surface area contributed by atoms with E-state index in [2.05, 4.69) is 69.4 Å². The number of rotatable bonds is 54. The van der Waals surface area contributed by atoms with Crippen molar-refractivity contribution in [2.24, 2.45) is 0 Å². The van der Waals surface area contributed by atoms with Crippen molar-refractivity contribution in [2.45, 2.75) is 296 Å². The van der Waals surface area contributed by atoms with Gasteiger partial charge in [0.25, 0.3) is 5.69 Å². The van der Waals surface area contributed by atoms with E-state index in [-0.39, 0.29) is 50.3 Å². The van der Waals surface area contributed by atoms with Crippen molar-refractivity contribution < 1.29 is 47.8 Å². The molecule has 444 valence electrons. The van der Waals surface area contributed by atoms with Crippen molar-refractivity contribution in [1.29, 1.82) is 0 Å². The minimum absolute atomic E-state index is 0.0954. The molecule has 0 bridgehead atoms. The maximum atomic E-state index is 13.4. The molecule has 1 unspecified atom stereocenters. The Kier molecular flexibility index (Phi) is 49.6. The SMILES string of the molecule is CCCCC/C=C\C/C=C\CCCCCCCC(=O)OCC(COC(=O)CCCCCCC/C=C\C/C=C\CCCCC)OC(=O)CCC(CCCCCCCCCCCCCCCC)OC(=O)Oc1ccc([N+](=O)[O-])cc1. The van der Waals surface area contributed by atoms with E-state index >= 15 is 0 Å². The molecule has 0 heterocycles. The van der Waals surface area contributed by atoms with Gasteiger partial charge in [0.05, 0.1) is 4.92 Å². The number of hydrogen-bond donors (Lipinski definition) is 0. The fraction of sp³-hybridized carbons (Fsp3) is 0.727. The Labute approximate surface area is 473 Å². The van der Waals surface area contributed by atoms with E-state index < -0.39 is 41.2 Å². The second kappa shape index (κ2) is 54.2. The molecule has 12 nitrogen and oxygen atoms in total. The Morgan fingerprint density at radius 2 is 0.795 bits per heavy atom. The van der Waals surface area contributed by atoms with Crippen molar-refractivity contribution in [2.75, 3.05) is 13.2 Å². The average molecular weight is 1090 g/mol. The number of esters is 3. The molecule has 0 saturated heterocycles. The molecule has 0 saturated carbocycles. The molecule has 0 fully saturated rings. The predicted octanol–water partition coefficient (Wildman–Crippen LogP) is 19.8. The fourth-order valence-corrected chi connectivity index (χ4v) is 9.04. The Balaban J connectivity index is 2.73. The lowest BCUT2D eigenvalue weighted by Gasteiger charge is -2.20. The Bertz CT molecular complexity index is 1680. The second-order valence-electron chi connectivity index (χ2n) is 21.2. The first-order valence-electron chi connectivity index (χ1n) is 31.4. The van der Waals surface area contributed by atoms with E-state index in [1.165, 1.54) is 127 Å². The third kappa shape index (κ3) is 47.3. The molecule has 0 aliphatic rings. The molecule has 0 aliphatic carbocycles. The second-order valence-corrected chi connectivity index (χ2v) is 21.2. The Hall–Kier alpha value is -4.74. The highest BCUT2D eigenvalue weighted by molar-refractivity contribution is 5.71. The molecular formula is C66H109NO11. The van der Waals surface area contributed by atoms with Gasteiger partial charge < -0.3 is 23.7 Å². The molecular weight excluding hydrogens is 983 g/mol. The standard InChI is InChI=1S/C66H109NO11/c1-4-7-10-13-16-19-22-25-28-31-34-37-40-43-46-49-63(68)74-57-62(58-75-64(69)50-47-44-41-38-35-32-29-26-23-20-17-14-11-8-5-2)76-65(70)56-55-60(77-66(71)78-61-53-51-59(52-54-61)67(72)73)48-45-42-39-36-33-30-27-24-21-18-15-12-9-6-3/h16-17,19-20,25-26,28-29,51-54,60,62H,4-15,18,21-24,27,30-50,55-58H2,1-3H3/b19-16-,20-17-,28-25-,29-26-. The number of hydrogen-bond acceptors (Lipinski definition) is 11. The number of nitrogens with zero attached hydrogens (tertiary/aromatic N) is 1. The molecule has 1 aromatic rings. The lowest BCUT2D eigenvalue weighted by atomic mass is 10.0. The Morgan fingerprint density at radius 3 is 1.22 bits per heavy atom. The first-order valence-corrected chi connectivity index (χ1v) is 31.4. The lowest BCUT2D eigenvalue weighted by molar-refractivity contribution is -0.384. The molecule has 0 radical (unpaired) electrons. The monoisotopic (exact) mass is 1090 g/mol. The lowest BCUT2D eigenvalue weighted by Crippen LogP contribution is -2.31. The molecule has 0 spiro atoms. The van der Waals surface area contributed by atoms with E-state index in [0.29, 0.717) is 19.3 Å². The van der Waals surface area contributed by atoms with Crippen LogP contribution in [0.15, 0.2) is 72.9 Å². The van der Waals surface area contributed by atoms with Crippen LogP contribution in [-0.2, 0) is 33.3 Å². The Morgan fingerprint density at radius 1 is 0.423 bits per heavy atom. The quantitative estimate of drug-likeness (QED) is 0.0116. The van der Waals surface area contributed by atoms with Gasteiger partial charge in [-0.3, -0.25) is 24.5 Å². The molecule has 0 aliphatic heterocycles. The van der Waals surface area contributed by atoms with E-state index in [1.807, 2.05) is 0 Å². The molecule has 1 atom stereocenters. The maximum absolute atomic E-state index is 13.4. The van der Waals surface area contributed by atoms with Gasteiger partial charge in [-0.15, -0.1) is 0 Å². The van der Waals surface area contributed by atoms with E-state index in [4.69, 9.17) is 23.7 Å². The molecule has 1 rings (SSSR count). The molecule has 0 amide bonds. The summed E-state index contributed by atoms with van der Waals surface area (Å²) in [7, 11) is 0. The molecule has 0 N–H and O–H groups in total. The highest BCUT2D eigenvalue weighted by atomic mass is 16.7. The average Bonchev–Trinajstić information content (AvgIpc) is 3.43. The van der Waals surface area contributed by atoms with Gasteiger partial charge in [0, 0.05) is 31.4 Å². The van der Waals surface area contributed by atoms with Gasteiger partial charge >= 0.3 is 24.1 Å². The van der Waals surface area contributed by atoms with Crippen molar-refractivity contribution in [3.05, 3.63) is 83.0 Å². The normalized spacial score (nSPS) is 12.1. The van der Waals surface area contributed by atoms with Gasteiger partial charge in [0.2, 0.25) is 0 Å². The number of non-ortho nitro benzene ring substituents is 1. The highest BCUT2D eigenvalue weighted by Gasteiger charge is 2.23. The number of unbranched alkanes of at least 4 members (excludes halogenated alkanes) is 29. The van der Waals surface area contributed by atoms with Crippen LogP contribution in [-0.4, -0.2) is 54.4 Å². The first kappa shape index (κ1) is 71.3. The van der Waals surface area contributed by atoms with Crippen molar-refractivity contribution >= 4 is 29.8 Å². The van der Waals surface area contributed by atoms with Crippen LogP contribution in [0.2, 0.25) is 0 Å². The zero-order valence-electron chi connectivity index (χ0n) is 49.4. The van der Waals surface area contributed by atoms with E-state index in [9.17, 15) is 29.3 Å². The van der Waals surface area contributed by atoms with Crippen LogP contribution < -0.4 is 4.74 Å². The van der Waals surface area contributed by atoms with Gasteiger partial charge in [-0.1, -0.05) is 217 Å². The van der Waals surface area contributed by atoms with Crippen molar-refractivity contribution in [3.63, 3.8) is 0 Å². The summed E-state index contributed by atoms with van der Waals surface area (Å²) < 4.78 is 28.0. The van der Waals surface area contributed by atoms with Gasteiger partial charge in [-0.25, -0.2) is 4.79 Å². The largest absolute Gasteiger partial charge is 0.514 e. The van der Waals surface area contributed by atoms with Crippen LogP contribution in [0.3, 0.4) is 0 Å².